The lowest BCUT2D eigenvalue weighted by molar-refractivity contribution is -0.124. The highest BCUT2D eigenvalue weighted by Crippen LogP contribution is 2.28. The molecule has 0 aliphatic carbocycles. The molecule has 1 saturated heterocycles. The van der Waals surface area contributed by atoms with Crippen molar-refractivity contribution in [3.63, 3.8) is 0 Å². The Morgan fingerprint density at radius 3 is 2.30 bits per heavy atom. The van der Waals surface area contributed by atoms with Crippen molar-refractivity contribution in [3.8, 4) is 0 Å². The summed E-state index contributed by atoms with van der Waals surface area (Å²) in [6, 6.07) is 14.0. The number of hydrogen-bond acceptors (Lipinski definition) is 6. The molecule has 0 bridgehead atoms. The van der Waals surface area contributed by atoms with Crippen molar-refractivity contribution in [2.24, 2.45) is 0 Å². The third kappa shape index (κ3) is 6.56. The van der Waals surface area contributed by atoms with E-state index in [0.717, 1.165) is 16.0 Å². The minimum Gasteiger partial charge on any atom is -0.462 e. The topological polar surface area (TPSA) is 108 Å². The Kier molecular flexibility index (Phi) is 8.98. The van der Waals surface area contributed by atoms with Crippen molar-refractivity contribution in [2.45, 2.75) is 19.4 Å². The molecule has 1 atom stereocenters. The van der Waals surface area contributed by atoms with Crippen LogP contribution in [0.15, 0.2) is 66.7 Å². The first-order valence-electron chi connectivity index (χ1n) is 11.8. The third-order valence-corrected chi connectivity index (χ3v) is 6.50. The van der Waals surface area contributed by atoms with E-state index in [1.165, 1.54) is 60.7 Å². The molecule has 1 aliphatic heterocycles. The van der Waals surface area contributed by atoms with E-state index in [-0.39, 0.29) is 28.5 Å². The van der Waals surface area contributed by atoms with Crippen molar-refractivity contribution in [2.75, 3.05) is 16.8 Å². The normalized spacial score (nSPS) is 14.8. The van der Waals surface area contributed by atoms with Crippen molar-refractivity contribution in [1.29, 1.82) is 0 Å². The Balaban J connectivity index is 1.61. The van der Waals surface area contributed by atoms with Gasteiger partial charge in [0.25, 0.3) is 11.8 Å². The molecule has 3 aromatic carbocycles. The number of nitrogens with zero attached hydrogens (tertiary/aromatic N) is 2. The van der Waals surface area contributed by atoms with Gasteiger partial charge in [0.1, 0.15) is 11.9 Å². The number of nitrogens with one attached hydrogen (secondary N) is 2. The van der Waals surface area contributed by atoms with Crippen LogP contribution in [0.25, 0.3) is 0 Å². The van der Waals surface area contributed by atoms with Crippen LogP contribution < -0.4 is 15.6 Å². The Bertz CT molecular complexity index is 1480. The van der Waals surface area contributed by atoms with E-state index >= 15 is 0 Å². The SMILES string of the molecule is CCOC(=O)c1ccc(N2C(=O)C(CC(=O)Nc3cc(Cl)cc(Cl)c3)N(NC(=O)c3cccc(F)c3)C2=S)cc1. The summed E-state index contributed by atoms with van der Waals surface area (Å²) in [6.07, 6.45) is -0.427. The fourth-order valence-corrected chi connectivity index (χ4v) is 4.81. The summed E-state index contributed by atoms with van der Waals surface area (Å²) in [5.41, 5.74) is 3.34. The second kappa shape index (κ2) is 12.4. The van der Waals surface area contributed by atoms with Gasteiger partial charge < -0.3 is 10.1 Å². The van der Waals surface area contributed by atoms with Crippen LogP contribution in [0, 0.1) is 5.82 Å². The van der Waals surface area contributed by atoms with Gasteiger partial charge >= 0.3 is 5.97 Å². The monoisotopic (exact) mass is 602 g/mol. The average Bonchev–Trinajstić information content (AvgIpc) is 3.12. The number of amides is 3. The lowest BCUT2D eigenvalue weighted by Crippen LogP contribution is -2.49. The minimum atomic E-state index is -1.26. The summed E-state index contributed by atoms with van der Waals surface area (Å²) in [5.74, 6) is -3.13. The number of benzene rings is 3. The molecule has 0 spiro atoms. The molecule has 2 N–H and O–H groups in total. The highest BCUT2D eigenvalue weighted by molar-refractivity contribution is 7.80. The molecule has 0 radical (unpaired) electrons. The standard InChI is InChI=1S/C27H21Cl2FN4O5S/c1-2-39-26(38)15-6-8-21(9-7-15)33-25(37)22(14-23(35)31-20-12-17(28)11-18(29)13-20)34(27(33)40)32-24(36)16-4-3-5-19(30)10-16/h3-13,22H,2,14H2,1H3,(H,31,35)(H,32,36). The molecule has 9 nitrogen and oxygen atoms in total. The van der Waals surface area contributed by atoms with Crippen LogP contribution in [-0.2, 0) is 14.3 Å². The number of thiocarbonyl (C=S) groups is 1. The smallest absolute Gasteiger partial charge is 0.338 e. The predicted octanol–water partition coefficient (Wildman–Crippen LogP) is 4.99. The van der Waals surface area contributed by atoms with Crippen LogP contribution in [0.2, 0.25) is 10.0 Å². The highest BCUT2D eigenvalue weighted by atomic mass is 35.5. The van der Waals surface area contributed by atoms with Gasteiger partial charge in [-0.1, -0.05) is 29.3 Å². The van der Waals surface area contributed by atoms with E-state index < -0.39 is 42.0 Å². The van der Waals surface area contributed by atoms with E-state index in [0.29, 0.717) is 15.7 Å². The largest absolute Gasteiger partial charge is 0.462 e. The molecule has 13 heteroatoms. The molecule has 40 heavy (non-hydrogen) atoms. The van der Waals surface area contributed by atoms with Gasteiger partial charge in [-0.2, -0.15) is 0 Å². The maximum Gasteiger partial charge on any atom is 0.338 e. The van der Waals surface area contributed by atoms with Gasteiger partial charge in [0, 0.05) is 21.3 Å². The average molecular weight is 603 g/mol. The molecule has 3 amide bonds. The summed E-state index contributed by atoms with van der Waals surface area (Å²) < 4.78 is 18.7. The van der Waals surface area contributed by atoms with E-state index in [9.17, 15) is 23.6 Å². The van der Waals surface area contributed by atoms with Crippen molar-refractivity contribution in [1.82, 2.24) is 10.4 Å². The molecule has 3 aromatic rings. The number of esters is 1. The van der Waals surface area contributed by atoms with Crippen LogP contribution in [0.1, 0.15) is 34.1 Å². The van der Waals surface area contributed by atoms with Gasteiger partial charge in [0.05, 0.1) is 24.3 Å². The first kappa shape index (κ1) is 28.9. The highest BCUT2D eigenvalue weighted by Gasteiger charge is 2.45. The molecule has 1 unspecified atom stereocenters. The van der Waals surface area contributed by atoms with Gasteiger partial charge in [-0.15, -0.1) is 0 Å². The summed E-state index contributed by atoms with van der Waals surface area (Å²) >= 11 is 17.5. The van der Waals surface area contributed by atoms with Gasteiger partial charge in [0.15, 0.2) is 0 Å². The van der Waals surface area contributed by atoms with E-state index in [4.69, 9.17) is 40.2 Å². The number of carbonyl (C=O) groups excluding carboxylic acids is 4. The lowest BCUT2D eigenvalue weighted by Gasteiger charge is -2.24. The first-order valence-corrected chi connectivity index (χ1v) is 13.0. The summed E-state index contributed by atoms with van der Waals surface area (Å²) in [6.45, 7) is 1.87. The van der Waals surface area contributed by atoms with Gasteiger partial charge in [-0.05, 0) is 79.8 Å². The molecule has 1 heterocycles. The fraction of sp³-hybridized carbons (Fsp3) is 0.148. The first-order chi connectivity index (χ1) is 19.1. The van der Waals surface area contributed by atoms with Gasteiger partial charge in [-0.25, -0.2) is 14.2 Å². The van der Waals surface area contributed by atoms with E-state index in [2.05, 4.69) is 10.7 Å². The number of ether oxygens (including phenoxy) is 1. The zero-order valence-corrected chi connectivity index (χ0v) is 23.1. The van der Waals surface area contributed by atoms with Crippen LogP contribution in [0.4, 0.5) is 15.8 Å². The molecule has 0 saturated carbocycles. The zero-order valence-electron chi connectivity index (χ0n) is 20.8. The summed E-state index contributed by atoms with van der Waals surface area (Å²) in [4.78, 5) is 52.6. The molecular formula is C27H21Cl2FN4O5S. The number of anilines is 2. The Morgan fingerprint density at radius 2 is 1.68 bits per heavy atom. The third-order valence-electron chi connectivity index (χ3n) is 5.68. The lowest BCUT2D eigenvalue weighted by atomic mass is 10.1. The minimum absolute atomic E-state index is 0.0238. The van der Waals surface area contributed by atoms with E-state index in [1.807, 2.05) is 0 Å². The maximum atomic E-state index is 13.7. The van der Waals surface area contributed by atoms with Gasteiger partial charge in [-0.3, -0.25) is 24.7 Å². The molecule has 1 aliphatic rings. The number of hydrogen-bond donors (Lipinski definition) is 2. The Hall–Kier alpha value is -4.06. The van der Waals surface area contributed by atoms with Gasteiger partial charge in [0.2, 0.25) is 11.0 Å². The van der Waals surface area contributed by atoms with Crippen LogP contribution in [0.3, 0.4) is 0 Å². The molecular weight excluding hydrogens is 582 g/mol. The number of halogens is 3. The predicted molar refractivity (Wildman–Crippen MR) is 152 cm³/mol. The Morgan fingerprint density at radius 1 is 1.00 bits per heavy atom. The van der Waals surface area contributed by atoms with Crippen LogP contribution >= 0.6 is 35.4 Å². The number of rotatable bonds is 8. The van der Waals surface area contributed by atoms with Crippen molar-refractivity contribution < 1.29 is 28.3 Å². The molecule has 0 aromatic heterocycles. The molecule has 206 valence electrons. The van der Waals surface area contributed by atoms with Crippen LogP contribution in [0.5, 0.6) is 0 Å². The molecule has 4 rings (SSSR count). The zero-order chi connectivity index (χ0) is 29.0. The van der Waals surface area contributed by atoms with E-state index in [1.54, 1.807) is 6.92 Å². The fourth-order valence-electron chi connectivity index (χ4n) is 3.92. The number of hydrazine groups is 1. The quantitative estimate of drug-likeness (QED) is 0.276. The summed E-state index contributed by atoms with van der Waals surface area (Å²) in [7, 11) is 0. The van der Waals surface area contributed by atoms with Crippen molar-refractivity contribution >= 4 is 75.6 Å². The molecule has 1 fully saturated rings. The second-order valence-corrected chi connectivity index (χ2v) is 9.71. The number of carbonyl (C=O) groups is 4. The van der Waals surface area contributed by atoms with Crippen molar-refractivity contribution in [3.05, 3.63) is 93.7 Å². The Labute approximate surface area is 243 Å². The maximum absolute atomic E-state index is 13.7. The summed E-state index contributed by atoms with van der Waals surface area (Å²) in [5, 5.41) is 4.15. The second-order valence-electron chi connectivity index (χ2n) is 8.47. The van der Waals surface area contributed by atoms with Crippen LogP contribution in [-0.4, -0.2) is 46.5 Å².